The van der Waals surface area contributed by atoms with E-state index in [-0.39, 0.29) is 6.42 Å². The van der Waals surface area contributed by atoms with Crippen molar-refractivity contribution >= 4 is 43.7 Å². The first-order valence-corrected chi connectivity index (χ1v) is 14.8. The number of hydrogen-bond acceptors (Lipinski definition) is 6. The largest absolute Gasteiger partial charge is 0.479 e. The molecule has 0 aliphatic rings. The minimum Gasteiger partial charge on any atom is -0.479 e. The molecule has 0 saturated carbocycles. The van der Waals surface area contributed by atoms with Crippen LogP contribution in [0.3, 0.4) is 0 Å². The molecule has 2 heterocycles. The van der Waals surface area contributed by atoms with Gasteiger partial charge in [-0.05, 0) is 50.6 Å². The lowest BCUT2D eigenvalue weighted by molar-refractivity contribution is -0.152. The number of aryl methyl sites for hydroxylation is 2. The van der Waals surface area contributed by atoms with E-state index < -0.39 is 24.0 Å². The van der Waals surface area contributed by atoms with Gasteiger partial charge in [-0.25, -0.2) is 4.79 Å². The van der Waals surface area contributed by atoms with Crippen molar-refractivity contribution in [3.05, 3.63) is 116 Å². The van der Waals surface area contributed by atoms with Crippen LogP contribution in [-0.2, 0) is 16.0 Å². The minimum atomic E-state index is -1.39. The summed E-state index contributed by atoms with van der Waals surface area (Å²) in [6.45, 7) is 5.27. The van der Waals surface area contributed by atoms with Crippen LogP contribution in [0.1, 0.15) is 47.1 Å². The molecule has 1 amide bonds. The number of amides is 1. The Kier molecular flexibility index (Phi) is 8.74. The fourth-order valence-corrected chi connectivity index (χ4v) is 5.56. The second kappa shape index (κ2) is 12.5. The van der Waals surface area contributed by atoms with Crippen molar-refractivity contribution in [3.63, 3.8) is 0 Å². The highest BCUT2D eigenvalue weighted by molar-refractivity contribution is 9.10. The molecule has 10 heteroatoms. The molecule has 0 fully saturated rings. The van der Waals surface area contributed by atoms with Gasteiger partial charge in [0.1, 0.15) is 0 Å². The molecular weight excluding hydrogens is 666 g/mol. The Balaban J connectivity index is 1.62. The first kappa shape index (κ1) is 29.5. The highest BCUT2D eigenvalue weighted by Crippen LogP contribution is 2.39. The van der Waals surface area contributed by atoms with Crippen LogP contribution in [0.4, 0.5) is 0 Å². The van der Waals surface area contributed by atoms with Crippen molar-refractivity contribution in [2.45, 2.75) is 39.3 Å². The van der Waals surface area contributed by atoms with Crippen LogP contribution < -0.4 is 0 Å². The second-order valence-corrected chi connectivity index (χ2v) is 11.7. The van der Waals surface area contributed by atoms with Crippen molar-refractivity contribution in [1.29, 1.82) is 0 Å². The van der Waals surface area contributed by atoms with E-state index >= 15 is 0 Å². The van der Waals surface area contributed by atoms with Crippen LogP contribution in [-0.4, -0.2) is 32.2 Å². The van der Waals surface area contributed by atoms with Gasteiger partial charge in [-0.3, -0.25) is 4.79 Å². The molecule has 8 nitrogen and oxygen atoms in total. The van der Waals surface area contributed by atoms with E-state index in [1.54, 1.807) is 13.8 Å². The first-order chi connectivity index (χ1) is 20.2. The van der Waals surface area contributed by atoms with E-state index in [0.29, 0.717) is 39.6 Å². The van der Waals surface area contributed by atoms with E-state index in [4.69, 9.17) is 9.05 Å². The molecule has 0 aliphatic heterocycles. The van der Waals surface area contributed by atoms with E-state index in [9.17, 15) is 14.7 Å². The average Bonchev–Trinajstić information content (AvgIpc) is 3.54. The van der Waals surface area contributed by atoms with Crippen molar-refractivity contribution in [2.24, 2.45) is 0 Å². The molecule has 2 unspecified atom stereocenters. The zero-order valence-corrected chi connectivity index (χ0v) is 26.2. The standard InChI is InChI=1S/C32H27Br2N3O5/c1-18-26(30(41-35-18)22-9-13-24(33)14-10-22)17-27(38)37(20(3)21-7-5-4-6-8-21)29(32(39)40)28-19(2)36-42-31(28)23-11-15-25(34)16-12-23/h4-16,20,29H,17H2,1-3H3,(H,39,40). The van der Waals surface area contributed by atoms with Gasteiger partial charge >= 0.3 is 5.97 Å². The number of carboxylic acids is 1. The number of aliphatic carboxylic acids is 1. The quantitative estimate of drug-likeness (QED) is 0.166. The van der Waals surface area contributed by atoms with Gasteiger partial charge in [0.25, 0.3) is 0 Å². The maximum absolute atomic E-state index is 14.4. The summed E-state index contributed by atoms with van der Waals surface area (Å²) in [4.78, 5) is 28.9. The highest BCUT2D eigenvalue weighted by Gasteiger charge is 2.40. The molecule has 42 heavy (non-hydrogen) atoms. The Morgan fingerprint density at radius 1 is 0.810 bits per heavy atom. The van der Waals surface area contributed by atoms with E-state index in [0.717, 1.165) is 20.1 Å². The Morgan fingerprint density at radius 2 is 1.33 bits per heavy atom. The Hall–Kier alpha value is -4.02. The molecule has 5 aromatic rings. The minimum absolute atomic E-state index is 0.125. The van der Waals surface area contributed by atoms with Crippen LogP contribution in [0, 0.1) is 13.8 Å². The van der Waals surface area contributed by atoms with Gasteiger partial charge < -0.3 is 19.1 Å². The predicted molar refractivity (Wildman–Crippen MR) is 165 cm³/mol. The number of carbonyl (C=O) groups is 2. The smallest absolute Gasteiger partial charge is 0.331 e. The summed E-state index contributed by atoms with van der Waals surface area (Å²) in [7, 11) is 0. The van der Waals surface area contributed by atoms with Crippen molar-refractivity contribution in [3.8, 4) is 22.6 Å². The molecule has 0 radical (unpaired) electrons. The zero-order chi connectivity index (χ0) is 30.0. The number of rotatable bonds is 9. The molecule has 0 saturated heterocycles. The van der Waals surface area contributed by atoms with Crippen LogP contribution in [0.15, 0.2) is 96.9 Å². The van der Waals surface area contributed by atoms with Crippen LogP contribution in [0.5, 0.6) is 0 Å². The fourth-order valence-electron chi connectivity index (χ4n) is 5.03. The van der Waals surface area contributed by atoms with E-state index in [1.807, 2.05) is 85.8 Å². The zero-order valence-electron chi connectivity index (χ0n) is 23.0. The number of carboxylic acid groups (broad SMARTS) is 1. The second-order valence-electron chi connectivity index (χ2n) is 9.91. The summed E-state index contributed by atoms with van der Waals surface area (Å²) in [6, 6.07) is 22.1. The number of benzene rings is 3. The molecule has 0 bridgehead atoms. The van der Waals surface area contributed by atoms with Gasteiger partial charge in [-0.15, -0.1) is 0 Å². The van der Waals surface area contributed by atoms with E-state index in [1.165, 1.54) is 4.90 Å². The summed E-state index contributed by atoms with van der Waals surface area (Å²) >= 11 is 6.87. The predicted octanol–water partition coefficient (Wildman–Crippen LogP) is 8.10. The molecule has 0 aliphatic carbocycles. The van der Waals surface area contributed by atoms with Crippen molar-refractivity contribution < 1.29 is 23.7 Å². The van der Waals surface area contributed by atoms with Gasteiger partial charge in [0.15, 0.2) is 17.6 Å². The number of carbonyl (C=O) groups excluding carboxylic acids is 1. The molecule has 2 atom stereocenters. The van der Waals surface area contributed by atoms with Crippen LogP contribution in [0.25, 0.3) is 22.6 Å². The molecule has 3 aromatic carbocycles. The fraction of sp³-hybridized carbons (Fsp3) is 0.188. The molecule has 0 spiro atoms. The Bertz CT molecular complexity index is 1710. The third-order valence-electron chi connectivity index (χ3n) is 7.21. The highest BCUT2D eigenvalue weighted by atomic mass is 79.9. The molecule has 214 valence electrons. The molecule has 5 rings (SSSR count). The monoisotopic (exact) mass is 691 g/mol. The molecule has 2 aromatic heterocycles. The summed E-state index contributed by atoms with van der Waals surface area (Å²) < 4.78 is 13.1. The van der Waals surface area contributed by atoms with E-state index in [2.05, 4.69) is 42.2 Å². The third kappa shape index (κ3) is 5.96. The van der Waals surface area contributed by atoms with Gasteiger partial charge in [0.2, 0.25) is 5.91 Å². The Morgan fingerprint density at radius 3 is 1.90 bits per heavy atom. The maximum atomic E-state index is 14.4. The summed E-state index contributed by atoms with van der Waals surface area (Å²) in [5.41, 5.74) is 4.03. The number of aromatic nitrogens is 2. The van der Waals surface area contributed by atoms with Crippen molar-refractivity contribution in [2.75, 3.05) is 0 Å². The van der Waals surface area contributed by atoms with Gasteiger partial charge in [0, 0.05) is 25.6 Å². The average molecular weight is 693 g/mol. The first-order valence-electron chi connectivity index (χ1n) is 13.2. The van der Waals surface area contributed by atoms with Gasteiger partial charge in [-0.1, -0.05) is 96.8 Å². The lowest BCUT2D eigenvalue weighted by atomic mass is 9.95. The number of nitrogens with zero attached hydrogens (tertiary/aromatic N) is 3. The molecule has 1 N–H and O–H groups in total. The van der Waals surface area contributed by atoms with Crippen molar-refractivity contribution in [1.82, 2.24) is 15.2 Å². The maximum Gasteiger partial charge on any atom is 0.331 e. The van der Waals surface area contributed by atoms with Gasteiger partial charge in [-0.2, -0.15) is 0 Å². The summed E-state index contributed by atoms with van der Waals surface area (Å²) in [6.07, 6.45) is -0.125. The SMILES string of the molecule is Cc1noc(-c2ccc(Br)cc2)c1CC(=O)N(C(C)c1ccccc1)C(C(=O)O)c1c(C)noc1-c1ccc(Br)cc1. The third-order valence-corrected chi connectivity index (χ3v) is 8.26. The topological polar surface area (TPSA) is 110 Å². The Labute approximate surface area is 259 Å². The summed E-state index contributed by atoms with van der Waals surface area (Å²) in [5, 5.41) is 19.0. The summed E-state index contributed by atoms with van der Waals surface area (Å²) in [5.74, 6) is -0.858. The van der Waals surface area contributed by atoms with Crippen LogP contribution >= 0.6 is 31.9 Å². The number of hydrogen-bond donors (Lipinski definition) is 1. The normalized spacial score (nSPS) is 12.6. The van der Waals surface area contributed by atoms with Gasteiger partial charge in [0.05, 0.1) is 29.4 Å². The lowest BCUT2D eigenvalue weighted by Crippen LogP contribution is -2.42. The molecular formula is C32H27Br2N3O5. The lowest BCUT2D eigenvalue weighted by Gasteiger charge is -2.35. The number of halogens is 2. The van der Waals surface area contributed by atoms with Crippen LogP contribution in [0.2, 0.25) is 0 Å².